The van der Waals surface area contributed by atoms with E-state index >= 15 is 0 Å². The molecule has 0 bridgehead atoms. The van der Waals surface area contributed by atoms with Crippen LogP contribution in [-0.4, -0.2) is 31.4 Å². The maximum absolute atomic E-state index is 5.91. The Morgan fingerprint density at radius 2 is 2.41 bits per heavy atom. The molecule has 1 atom stereocenters. The molecular formula is C12H18ClNO2S. The van der Waals surface area contributed by atoms with Gasteiger partial charge in [-0.1, -0.05) is 11.6 Å². The molecule has 5 heteroatoms. The van der Waals surface area contributed by atoms with Gasteiger partial charge in [0.1, 0.15) is 0 Å². The molecule has 1 aromatic rings. The summed E-state index contributed by atoms with van der Waals surface area (Å²) >= 11 is 7.41. The van der Waals surface area contributed by atoms with E-state index < -0.39 is 0 Å². The Morgan fingerprint density at radius 3 is 3.06 bits per heavy atom. The smallest absolute Gasteiger partial charge is 0.0940 e. The van der Waals surface area contributed by atoms with Crippen LogP contribution in [0.4, 0.5) is 0 Å². The fraction of sp³-hybridized carbons (Fsp3) is 0.667. The first-order chi connectivity index (χ1) is 8.05. The maximum Gasteiger partial charge on any atom is 0.0940 e. The van der Waals surface area contributed by atoms with Crippen molar-refractivity contribution >= 4 is 22.9 Å². The highest BCUT2D eigenvalue weighted by Gasteiger charge is 2.28. The van der Waals surface area contributed by atoms with Gasteiger partial charge in [0, 0.05) is 18.0 Å². The zero-order chi connectivity index (χ0) is 12.3. The zero-order valence-corrected chi connectivity index (χ0v) is 11.7. The summed E-state index contributed by atoms with van der Waals surface area (Å²) in [5.74, 6) is 0. The third kappa shape index (κ3) is 4.23. The minimum Gasteiger partial charge on any atom is -0.373 e. The van der Waals surface area contributed by atoms with Gasteiger partial charge in [-0.25, -0.2) is 0 Å². The van der Waals surface area contributed by atoms with Gasteiger partial charge in [0.05, 0.1) is 29.3 Å². The van der Waals surface area contributed by atoms with Crippen molar-refractivity contribution in [1.29, 1.82) is 0 Å². The van der Waals surface area contributed by atoms with Gasteiger partial charge in [0.2, 0.25) is 0 Å². The lowest BCUT2D eigenvalue weighted by Crippen LogP contribution is -2.51. The first-order valence-corrected chi connectivity index (χ1v) is 6.95. The van der Waals surface area contributed by atoms with E-state index in [9.17, 15) is 0 Å². The van der Waals surface area contributed by atoms with Crippen molar-refractivity contribution in [3.63, 3.8) is 0 Å². The molecule has 1 N–H and O–H groups in total. The summed E-state index contributed by atoms with van der Waals surface area (Å²) in [6.45, 7) is 7.15. The van der Waals surface area contributed by atoms with E-state index in [1.807, 2.05) is 12.1 Å². The molecular weight excluding hydrogens is 258 g/mol. The van der Waals surface area contributed by atoms with Crippen molar-refractivity contribution in [2.45, 2.75) is 32.2 Å². The number of halogens is 1. The van der Waals surface area contributed by atoms with Gasteiger partial charge in [0.15, 0.2) is 0 Å². The highest BCUT2D eigenvalue weighted by molar-refractivity contribution is 7.16. The van der Waals surface area contributed by atoms with Crippen LogP contribution in [0.25, 0.3) is 0 Å². The van der Waals surface area contributed by atoms with Crippen LogP contribution >= 0.6 is 22.9 Å². The molecule has 1 aliphatic heterocycles. The molecule has 0 radical (unpaired) electrons. The average molecular weight is 276 g/mol. The number of ether oxygens (including phenoxy) is 2. The molecule has 2 heterocycles. The number of hydrogen-bond acceptors (Lipinski definition) is 4. The second kappa shape index (κ2) is 5.67. The largest absolute Gasteiger partial charge is 0.373 e. The molecule has 0 aliphatic carbocycles. The lowest BCUT2D eigenvalue weighted by molar-refractivity contribution is -0.121. The van der Waals surface area contributed by atoms with Gasteiger partial charge in [-0.3, -0.25) is 0 Å². The normalized spacial score (nSPS) is 23.8. The van der Waals surface area contributed by atoms with E-state index in [0.29, 0.717) is 13.2 Å². The first-order valence-electron chi connectivity index (χ1n) is 5.76. The topological polar surface area (TPSA) is 30.5 Å². The summed E-state index contributed by atoms with van der Waals surface area (Å²) in [4.78, 5) is 1.15. The average Bonchev–Trinajstić information content (AvgIpc) is 2.63. The van der Waals surface area contributed by atoms with Crippen LogP contribution in [0.1, 0.15) is 18.7 Å². The minimum atomic E-state index is -0.0987. The quantitative estimate of drug-likeness (QED) is 0.916. The number of hydrogen-bond donors (Lipinski definition) is 1. The monoisotopic (exact) mass is 275 g/mol. The standard InChI is InChI=1S/C12H18ClNO2S/c1-12(2)8-14-5-9(16-12)6-15-7-10-3-4-11(13)17-10/h3-4,9,14H,5-8H2,1-2H3. The summed E-state index contributed by atoms with van der Waals surface area (Å²) in [6, 6.07) is 3.89. The molecule has 0 saturated carbocycles. The molecule has 1 saturated heterocycles. The SMILES string of the molecule is CC1(C)CNCC(COCc2ccc(Cl)s2)O1. The Hall–Kier alpha value is -0.130. The number of rotatable bonds is 4. The molecule has 1 unspecified atom stereocenters. The number of nitrogens with one attached hydrogen (secondary N) is 1. The van der Waals surface area contributed by atoms with Gasteiger partial charge in [-0.05, 0) is 26.0 Å². The van der Waals surface area contributed by atoms with Crippen LogP contribution in [-0.2, 0) is 16.1 Å². The molecule has 2 rings (SSSR count). The van der Waals surface area contributed by atoms with Gasteiger partial charge in [0.25, 0.3) is 0 Å². The highest BCUT2D eigenvalue weighted by Crippen LogP contribution is 2.22. The second-order valence-corrected chi connectivity index (χ2v) is 6.65. The fourth-order valence-electron chi connectivity index (χ4n) is 1.88. The van der Waals surface area contributed by atoms with Gasteiger partial charge in [-0.15, -0.1) is 11.3 Å². The van der Waals surface area contributed by atoms with Crippen LogP contribution < -0.4 is 5.32 Å². The van der Waals surface area contributed by atoms with Crippen LogP contribution in [0.3, 0.4) is 0 Å². The van der Waals surface area contributed by atoms with Gasteiger partial charge >= 0.3 is 0 Å². The summed E-state index contributed by atoms with van der Waals surface area (Å²) in [5, 5.41) is 3.35. The molecule has 1 fully saturated rings. The molecule has 1 aromatic heterocycles. The fourth-order valence-corrected chi connectivity index (χ4v) is 2.91. The van der Waals surface area contributed by atoms with Crippen molar-refractivity contribution in [1.82, 2.24) is 5.32 Å². The van der Waals surface area contributed by atoms with Crippen molar-refractivity contribution in [3.05, 3.63) is 21.3 Å². The molecule has 1 aliphatic rings. The van der Waals surface area contributed by atoms with E-state index in [1.165, 1.54) is 0 Å². The van der Waals surface area contributed by atoms with E-state index in [2.05, 4.69) is 19.2 Å². The Kier molecular flexibility index (Phi) is 4.44. The van der Waals surface area contributed by atoms with Crippen molar-refractivity contribution in [3.8, 4) is 0 Å². The lowest BCUT2D eigenvalue weighted by Gasteiger charge is -2.36. The molecule has 0 aromatic carbocycles. The van der Waals surface area contributed by atoms with Crippen LogP contribution in [0.15, 0.2) is 12.1 Å². The maximum atomic E-state index is 5.91. The predicted octanol–water partition coefficient (Wildman–Crippen LogP) is 2.69. The van der Waals surface area contributed by atoms with E-state index in [-0.39, 0.29) is 11.7 Å². The zero-order valence-electron chi connectivity index (χ0n) is 10.2. The third-order valence-electron chi connectivity index (χ3n) is 2.59. The Bertz CT molecular complexity index is 367. The van der Waals surface area contributed by atoms with Crippen LogP contribution in [0.5, 0.6) is 0 Å². The Morgan fingerprint density at radius 1 is 1.59 bits per heavy atom. The highest BCUT2D eigenvalue weighted by atomic mass is 35.5. The van der Waals surface area contributed by atoms with Crippen molar-refractivity contribution < 1.29 is 9.47 Å². The predicted molar refractivity (Wildman–Crippen MR) is 70.8 cm³/mol. The van der Waals surface area contributed by atoms with Crippen LogP contribution in [0.2, 0.25) is 4.34 Å². The second-order valence-electron chi connectivity index (χ2n) is 4.85. The number of morpholine rings is 1. The van der Waals surface area contributed by atoms with E-state index in [1.54, 1.807) is 11.3 Å². The Balaban J connectivity index is 1.71. The Labute approximate surface area is 111 Å². The van der Waals surface area contributed by atoms with E-state index in [0.717, 1.165) is 22.3 Å². The number of thiophene rings is 1. The summed E-state index contributed by atoms with van der Waals surface area (Å²) < 4.78 is 12.4. The molecule has 17 heavy (non-hydrogen) atoms. The van der Waals surface area contributed by atoms with E-state index in [4.69, 9.17) is 21.1 Å². The summed E-state index contributed by atoms with van der Waals surface area (Å²) in [7, 11) is 0. The summed E-state index contributed by atoms with van der Waals surface area (Å²) in [5.41, 5.74) is -0.0987. The summed E-state index contributed by atoms with van der Waals surface area (Å²) in [6.07, 6.45) is 0.134. The first kappa shape index (κ1) is 13.3. The molecule has 0 spiro atoms. The molecule has 0 amide bonds. The molecule has 96 valence electrons. The third-order valence-corrected chi connectivity index (χ3v) is 3.79. The van der Waals surface area contributed by atoms with Gasteiger partial charge in [-0.2, -0.15) is 0 Å². The van der Waals surface area contributed by atoms with Crippen molar-refractivity contribution in [2.75, 3.05) is 19.7 Å². The van der Waals surface area contributed by atoms with Crippen LogP contribution in [0, 0.1) is 0 Å². The molecule has 3 nitrogen and oxygen atoms in total. The minimum absolute atomic E-state index is 0.0987. The lowest BCUT2D eigenvalue weighted by atomic mass is 10.1. The van der Waals surface area contributed by atoms with Crippen molar-refractivity contribution in [2.24, 2.45) is 0 Å². The van der Waals surface area contributed by atoms with Gasteiger partial charge < -0.3 is 14.8 Å².